The van der Waals surface area contributed by atoms with Crippen LogP contribution >= 0.6 is 0 Å². The molecule has 1 heterocycles. The molecular formula is C30H40N2O4. The first-order chi connectivity index (χ1) is 17.5. The van der Waals surface area contributed by atoms with Gasteiger partial charge in [-0.15, -0.1) is 0 Å². The summed E-state index contributed by atoms with van der Waals surface area (Å²) < 4.78 is 12.5. The van der Waals surface area contributed by atoms with Crippen LogP contribution in [-0.4, -0.2) is 60.5 Å². The van der Waals surface area contributed by atoms with Crippen LogP contribution in [0.4, 0.5) is 0 Å². The Morgan fingerprint density at radius 1 is 0.917 bits per heavy atom. The predicted molar refractivity (Wildman–Crippen MR) is 142 cm³/mol. The lowest BCUT2D eigenvalue weighted by molar-refractivity contribution is -0.139. The molecule has 1 aliphatic carbocycles. The van der Waals surface area contributed by atoms with E-state index >= 15 is 0 Å². The molecule has 0 radical (unpaired) electrons. The highest BCUT2D eigenvalue weighted by Gasteiger charge is 2.35. The summed E-state index contributed by atoms with van der Waals surface area (Å²) in [5, 5.41) is 0. The number of hydrogen-bond acceptors (Lipinski definition) is 4. The Labute approximate surface area is 215 Å². The van der Waals surface area contributed by atoms with Crippen LogP contribution in [0.1, 0.15) is 73.7 Å². The van der Waals surface area contributed by atoms with Gasteiger partial charge in [0.2, 0.25) is 0 Å². The van der Waals surface area contributed by atoms with Crippen molar-refractivity contribution >= 4 is 11.8 Å². The molecule has 0 unspecified atom stereocenters. The number of fused-ring (bicyclic) bond motifs is 2. The van der Waals surface area contributed by atoms with Gasteiger partial charge in [0.1, 0.15) is 17.6 Å². The number of amides is 2. The van der Waals surface area contributed by atoms with E-state index in [1.165, 1.54) is 0 Å². The second-order valence-corrected chi connectivity index (χ2v) is 10.1. The molecule has 1 aliphatic heterocycles. The molecule has 4 rings (SSSR count). The first-order valence-electron chi connectivity index (χ1n) is 13.5. The Hall–Kier alpha value is -3.02. The lowest BCUT2D eigenvalue weighted by atomic mass is 9.90. The molecule has 0 N–H and O–H groups in total. The van der Waals surface area contributed by atoms with E-state index in [-0.39, 0.29) is 30.6 Å². The summed E-state index contributed by atoms with van der Waals surface area (Å²) in [6.45, 7) is 3.46. The van der Waals surface area contributed by atoms with Crippen LogP contribution in [0.5, 0.6) is 11.5 Å². The van der Waals surface area contributed by atoms with Crippen molar-refractivity contribution in [1.82, 2.24) is 9.80 Å². The molecular weight excluding hydrogens is 452 g/mol. The largest absolute Gasteiger partial charge is 0.487 e. The second kappa shape index (κ2) is 12.8. The van der Waals surface area contributed by atoms with Crippen molar-refractivity contribution in [3.63, 3.8) is 0 Å². The third-order valence-electron chi connectivity index (χ3n) is 7.47. The highest BCUT2D eigenvalue weighted by Crippen LogP contribution is 2.30. The van der Waals surface area contributed by atoms with Crippen LogP contribution in [0, 0.1) is 6.92 Å². The summed E-state index contributed by atoms with van der Waals surface area (Å²) in [5.41, 5.74) is 1.62. The average molecular weight is 493 g/mol. The maximum Gasteiger partial charge on any atom is 0.260 e. The molecule has 2 aromatic rings. The summed E-state index contributed by atoms with van der Waals surface area (Å²) in [4.78, 5) is 30.6. The van der Waals surface area contributed by atoms with Crippen LogP contribution in [-0.2, 0) is 4.79 Å². The Morgan fingerprint density at radius 2 is 1.61 bits per heavy atom. The smallest absolute Gasteiger partial charge is 0.260 e. The first kappa shape index (κ1) is 26.1. The van der Waals surface area contributed by atoms with Gasteiger partial charge in [0.15, 0.2) is 6.61 Å². The third-order valence-corrected chi connectivity index (χ3v) is 7.47. The molecule has 1 saturated carbocycles. The van der Waals surface area contributed by atoms with E-state index in [2.05, 4.69) is 0 Å². The lowest BCUT2D eigenvalue weighted by Gasteiger charge is -2.40. The monoisotopic (exact) mass is 492 g/mol. The Kier molecular flexibility index (Phi) is 9.26. The summed E-state index contributed by atoms with van der Waals surface area (Å²) in [7, 11) is 1.87. The van der Waals surface area contributed by atoms with Crippen LogP contribution in [0.3, 0.4) is 0 Å². The lowest BCUT2D eigenvalue weighted by Crippen LogP contribution is -2.52. The molecule has 0 aromatic heterocycles. The zero-order valence-electron chi connectivity index (χ0n) is 21.8. The SMILES string of the molecule is Cc1ccccc1OCC(=O)N1CCCCCCCN(C)C(=O)c2ccccc2O[C@H]2CCCC[C@H]21. The van der Waals surface area contributed by atoms with Gasteiger partial charge in [-0.3, -0.25) is 9.59 Å². The molecule has 0 saturated heterocycles. The highest BCUT2D eigenvalue weighted by molar-refractivity contribution is 5.96. The third kappa shape index (κ3) is 6.59. The van der Waals surface area contributed by atoms with E-state index in [1.54, 1.807) is 4.90 Å². The van der Waals surface area contributed by atoms with Gasteiger partial charge in [-0.05, 0) is 62.8 Å². The van der Waals surface area contributed by atoms with Crippen LogP contribution < -0.4 is 9.47 Å². The number of para-hydroxylation sites is 2. The standard InChI is InChI=1S/C30H40N2O4/c1-23-14-6-9-17-26(23)35-22-29(33)32-21-13-5-3-4-12-20-31(2)30(34)24-15-7-10-18-27(24)36-28-19-11-8-16-25(28)32/h6-7,9-10,14-15,17-18,25,28H,3-5,8,11-13,16,19-22H2,1-2H3/t25-,28+/m1/s1. The van der Waals surface area contributed by atoms with E-state index < -0.39 is 0 Å². The van der Waals surface area contributed by atoms with Gasteiger partial charge in [0.25, 0.3) is 11.8 Å². The summed E-state index contributed by atoms with van der Waals surface area (Å²) in [6, 6.07) is 15.3. The van der Waals surface area contributed by atoms with Crippen LogP contribution in [0.25, 0.3) is 0 Å². The second-order valence-electron chi connectivity index (χ2n) is 10.1. The molecule has 2 aromatic carbocycles. The minimum Gasteiger partial charge on any atom is -0.487 e. The number of ether oxygens (including phenoxy) is 2. The van der Waals surface area contributed by atoms with Crippen molar-refractivity contribution < 1.29 is 19.1 Å². The van der Waals surface area contributed by atoms with E-state index in [0.29, 0.717) is 17.9 Å². The fraction of sp³-hybridized carbons (Fsp3) is 0.533. The molecule has 6 heteroatoms. The van der Waals surface area contributed by atoms with Crippen molar-refractivity contribution in [2.24, 2.45) is 0 Å². The molecule has 1 fully saturated rings. The minimum atomic E-state index is -0.148. The van der Waals surface area contributed by atoms with Gasteiger partial charge in [-0.2, -0.15) is 0 Å². The molecule has 6 nitrogen and oxygen atoms in total. The van der Waals surface area contributed by atoms with Crippen molar-refractivity contribution in [2.75, 3.05) is 26.7 Å². The molecule has 2 amide bonds. The molecule has 0 bridgehead atoms. The zero-order chi connectivity index (χ0) is 25.3. The Bertz CT molecular complexity index is 1020. The van der Waals surface area contributed by atoms with Gasteiger partial charge in [0, 0.05) is 20.1 Å². The maximum atomic E-state index is 13.6. The number of nitrogens with zero attached hydrogens (tertiary/aromatic N) is 2. The molecule has 194 valence electrons. The van der Waals surface area contributed by atoms with E-state index in [1.807, 2.05) is 67.4 Å². The Morgan fingerprint density at radius 3 is 2.44 bits per heavy atom. The maximum absolute atomic E-state index is 13.6. The molecule has 2 atom stereocenters. The van der Waals surface area contributed by atoms with Crippen molar-refractivity contribution in [1.29, 1.82) is 0 Å². The first-order valence-corrected chi connectivity index (χ1v) is 13.5. The summed E-state index contributed by atoms with van der Waals surface area (Å²) in [5.74, 6) is 1.36. The van der Waals surface area contributed by atoms with Crippen molar-refractivity contribution in [3.8, 4) is 11.5 Å². The molecule has 2 aliphatic rings. The summed E-state index contributed by atoms with van der Waals surface area (Å²) in [6.07, 6.45) is 8.92. The topological polar surface area (TPSA) is 59.1 Å². The normalized spacial score (nSPS) is 21.9. The van der Waals surface area contributed by atoms with E-state index in [4.69, 9.17) is 9.47 Å². The molecule has 0 spiro atoms. The van der Waals surface area contributed by atoms with Gasteiger partial charge >= 0.3 is 0 Å². The van der Waals surface area contributed by atoms with Gasteiger partial charge in [-0.25, -0.2) is 0 Å². The number of carbonyl (C=O) groups is 2. The van der Waals surface area contributed by atoms with Crippen molar-refractivity contribution in [3.05, 3.63) is 59.7 Å². The van der Waals surface area contributed by atoms with Gasteiger partial charge in [0.05, 0.1) is 11.6 Å². The number of carbonyl (C=O) groups excluding carboxylic acids is 2. The van der Waals surface area contributed by atoms with Gasteiger partial charge in [-0.1, -0.05) is 56.0 Å². The number of aryl methyl sites for hydroxylation is 1. The fourth-order valence-corrected chi connectivity index (χ4v) is 5.37. The molecule has 36 heavy (non-hydrogen) atoms. The van der Waals surface area contributed by atoms with E-state index in [9.17, 15) is 9.59 Å². The predicted octanol–water partition coefficient (Wildman–Crippen LogP) is 5.63. The van der Waals surface area contributed by atoms with Crippen LogP contribution in [0.15, 0.2) is 48.5 Å². The van der Waals surface area contributed by atoms with E-state index in [0.717, 1.165) is 75.6 Å². The number of hydrogen-bond donors (Lipinski definition) is 0. The number of benzene rings is 2. The average Bonchev–Trinajstić information content (AvgIpc) is 2.90. The fourth-order valence-electron chi connectivity index (χ4n) is 5.37. The minimum absolute atomic E-state index is 0.00663. The van der Waals surface area contributed by atoms with Crippen molar-refractivity contribution in [2.45, 2.75) is 76.9 Å². The highest BCUT2D eigenvalue weighted by atomic mass is 16.5. The zero-order valence-corrected chi connectivity index (χ0v) is 21.8. The Balaban J connectivity index is 1.57. The number of rotatable bonds is 3. The summed E-state index contributed by atoms with van der Waals surface area (Å²) >= 11 is 0. The quantitative estimate of drug-likeness (QED) is 0.557. The van der Waals surface area contributed by atoms with Gasteiger partial charge < -0.3 is 19.3 Å². The van der Waals surface area contributed by atoms with Crippen LogP contribution in [0.2, 0.25) is 0 Å².